The molecule has 5 heteroatoms. The first-order valence-corrected chi connectivity index (χ1v) is 7.95. The predicted molar refractivity (Wildman–Crippen MR) is 77.3 cm³/mol. The van der Waals surface area contributed by atoms with Gasteiger partial charge in [0.1, 0.15) is 10.9 Å². The molecule has 2 aromatic rings. The highest BCUT2D eigenvalue weighted by Crippen LogP contribution is 2.37. The Morgan fingerprint density at radius 1 is 1.45 bits per heavy atom. The van der Waals surface area contributed by atoms with Crippen LogP contribution in [0.4, 0.5) is 0 Å². The van der Waals surface area contributed by atoms with Crippen molar-refractivity contribution in [3.8, 4) is 16.8 Å². The fraction of sp³-hybridized carbons (Fsp3) is 0.533. The third-order valence-corrected chi connectivity index (χ3v) is 5.07. The highest BCUT2D eigenvalue weighted by Gasteiger charge is 2.26. The maximum atomic E-state index is 8.86. The van der Waals surface area contributed by atoms with Crippen LogP contribution >= 0.6 is 11.3 Å². The Bertz CT molecular complexity index is 625. The smallest absolute Gasteiger partial charge is 0.268 e. The SMILES string of the molecule is CCC1CCCC(c2noc(-c3ccc(C#N)s3)n2)C1. The van der Waals surface area contributed by atoms with Gasteiger partial charge in [-0.3, -0.25) is 0 Å². The fourth-order valence-corrected chi connectivity index (χ4v) is 3.63. The van der Waals surface area contributed by atoms with E-state index in [1.54, 1.807) is 6.07 Å². The Hall–Kier alpha value is -1.67. The normalized spacial score (nSPS) is 22.6. The first kappa shape index (κ1) is 13.3. The van der Waals surface area contributed by atoms with E-state index in [-0.39, 0.29) is 0 Å². The van der Waals surface area contributed by atoms with Gasteiger partial charge in [-0.1, -0.05) is 31.3 Å². The number of rotatable bonds is 3. The molecule has 2 heterocycles. The van der Waals surface area contributed by atoms with Crippen molar-refractivity contribution < 1.29 is 4.52 Å². The van der Waals surface area contributed by atoms with Crippen LogP contribution in [-0.2, 0) is 0 Å². The Morgan fingerprint density at radius 2 is 2.35 bits per heavy atom. The lowest BCUT2D eigenvalue weighted by Crippen LogP contribution is -2.14. The summed E-state index contributed by atoms with van der Waals surface area (Å²) >= 11 is 1.39. The number of thiophene rings is 1. The highest BCUT2D eigenvalue weighted by molar-refractivity contribution is 7.15. The van der Waals surface area contributed by atoms with Gasteiger partial charge in [-0.05, 0) is 30.9 Å². The molecule has 20 heavy (non-hydrogen) atoms. The number of hydrogen-bond acceptors (Lipinski definition) is 5. The van der Waals surface area contributed by atoms with Crippen molar-refractivity contribution in [1.82, 2.24) is 10.1 Å². The molecule has 104 valence electrons. The summed E-state index contributed by atoms with van der Waals surface area (Å²) in [7, 11) is 0. The number of nitriles is 1. The monoisotopic (exact) mass is 287 g/mol. The molecular formula is C15H17N3OS. The topological polar surface area (TPSA) is 62.7 Å². The minimum absolute atomic E-state index is 0.432. The van der Waals surface area contributed by atoms with E-state index in [9.17, 15) is 0 Å². The van der Waals surface area contributed by atoms with Gasteiger partial charge >= 0.3 is 0 Å². The molecular weight excluding hydrogens is 270 g/mol. The van der Waals surface area contributed by atoms with Crippen LogP contribution in [0.2, 0.25) is 0 Å². The van der Waals surface area contributed by atoms with Gasteiger partial charge < -0.3 is 4.52 Å². The summed E-state index contributed by atoms with van der Waals surface area (Å²) in [5.74, 6) is 2.61. The van der Waals surface area contributed by atoms with E-state index in [0.717, 1.165) is 23.0 Å². The Morgan fingerprint density at radius 3 is 3.10 bits per heavy atom. The van der Waals surface area contributed by atoms with Crippen molar-refractivity contribution in [3.63, 3.8) is 0 Å². The molecule has 2 aromatic heterocycles. The first-order chi connectivity index (χ1) is 9.80. The van der Waals surface area contributed by atoms with Gasteiger partial charge in [0.15, 0.2) is 5.82 Å². The summed E-state index contributed by atoms with van der Waals surface area (Å²) < 4.78 is 5.37. The van der Waals surface area contributed by atoms with Crippen LogP contribution < -0.4 is 0 Å². The van der Waals surface area contributed by atoms with Gasteiger partial charge in [-0.25, -0.2) is 0 Å². The average Bonchev–Trinajstić information content (AvgIpc) is 3.15. The lowest BCUT2D eigenvalue weighted by Gasteiger charge is -2.26. The quantitative estimate of drug-likeness (QED) is 0.841. The molecule has 0 spiro atoms. The minimum Gasteiger partial charge on any atom is -0.333 e. The summed E-state index contributed by atoms with van der Waals surface area (Å²) in [6.07, 6.45) is 6.14. The maximum absolute atomic E-state index is 8.86. The summed E-state index contributed by atoms with van der Waals surface area (Å²) in [4.78, 5) is 6.09. The zero-order chi connectivity index (χ0) is 13.9. The van der Waals surface area contributed by atoms with E-state index in [2.05, 4.69) is 23.1 Å². The van der Waals surface area contributed by atoms with Gasteiger partial charge in [0.25, 0.3) is 5.89 Å². The lowest BCUT2D eigenvalue weighted by molar-refractivity contribution is 0.300. The largest absolute Gasteiger partial charge is 0.333 e. The van der Waals surface area contributed by atoms with Gasteiger partial charge in [0.2, 0.25) is 0 Å². The molecule has 3 rings (SSSR count). The molecule has 4 nitrogen and oxygen atoms in total. The van der Waals surface area contributed by atoms with Crippen LogP contribution in [0.1, 0.15) is 55.6 Å². The number of hydrogen-bond donors (Lipinski definition) is 0. The van der Waals surface area contributed by atoms with Crippen molar-refractivity contribution in [1.29, 1.82) is 5.26 Å². The van der Waals surface area contributed by atoms with Crippen LogP contribution in [0.25, 0.3) is 10.8 Å². The molecule has 0 aromatic carbocycles. The predicted octanol–water partition coefficient (Wildman–Crippen LogP) is 4.35. The van der Waals surface area contributed by atoms with Gasteiger partial charge in [0.05, 0.1) is 4.88 Å². The highest BCUT2D eigenvalue weighted by atomic mass is 32.1. The van der Waals surface area contributed by atoms with E-state index >= 15 is 0 Å². The van der Waals surface area contributed by atoms with E-state index < -0.39 is 0 Å². The van der Waals surface area contributed by atoms with E-state index in [4.69, 9.17) is 9.78 Å². The van der Waals surface area contributed by atoms with E-state index in [0.29, 0.717) is 16.7 Å². The standard InChI is InChI=1S/C15H17N3OS/c1-2-10-4-3-5-11(8-10)14-17-15(19-18-14)13-7-6-12(9-16)20-13/h6-7,10-11H,2-5,8H2,1H3. The molecule has 1 saturated carbocycles. The second kappa shape index (κ2) is 5.76. The third-order valence-electron chi connectivity index (χ3n) is 4.09. The molecule has 0 saturated heterocycles. The fourth-order valence-electron chi connectivity index (χ4n) is 2.91. The Kier molecular flexibility index (Phi) is 3.83. The molecule has 1 aliphatic rings. The second-order valence-electron chi connectivity index (χ2n) is 5.37. The van der Waals surface area contributed by atoms with Crippen molar-refractivity contribution in [2.45, 2.75) is 44.9 Å². The molecule has 2 unspecified atom stereocenters. The Labute approximate surface area is 122 Å². The molecule has 1 fully saturated rings. The lowest BCUT2D eigenvalue weighted by atomic mass is 9.80. The molecule has 0 N–H and O–H groups in total. The molecule has 0 bridgehead atoms. The molecule has 0 amide bonds. The number of nitrogens with zero attached hydrogens (tertiary/aromatic N) is 3. The van der Waals surface area contributed by atoms with E-state index in [1.165, 1.54) is 37.0 Å². The molecule has 1 aliphatic carbocycles. The van der Waals surface area contributed by atoms with Crippen LogP contribution in [0.5, 0.6) is 0 Å². The first-order valence-electron chi connectivity index (χ1n) is 7.14. The zero-order valence-electron chi connectivity index (χ0n) is 11.5. The minimum atomic E-state index is 0.432. The van der Waals surface area contributed by atoms with Gasteiger partial charge in [-0.2, -0.15) is 10.2 Å². The van der Waals surface area contributed by atoms with Gasteiger partial charge in [0, 0.05) is 5.92 Å². The van der Waals surface area contributed by atoms with Crippen molar-refractivity contribution in [2.75, 3.05) is 0 Å². The zero-order valence-corrected chi connectivity index (χ0v) is 12.3. The molecule has 2 atom stereocenters. The summed E-state index contributed by atoms with van der Waals surface area (Å²) in [6.45, 7) is 2.25. The summed E-state index contributed by atoms with van der Waals surface area (Å²) in [5.41, 5.74) is 0. The summed E-state index contributed by atoms with van der Waals surface area (Å²) in [6, 6.07) is 5.79. The van der Waals surface area contributed by atoms with Crippen LogP contribution in [0.3, 0.4) is 0 Å². The van der Waals surface area contributed by atoms with Crippen LogP contribution in [0, 0.1) is 17.2 Å². The van der Waals surface area contributed by atoms with Crippen LogP contribution in [0.15, 0.2) is 16.7 Å². The Balaban J connectivity index is 1.78. The van der Waals surface area contributed by atoms with E-state index in [1.807, 2.05) is 6.07 Å². The van der Waals surface area contributed by atoms with Crippen molar-refractivity contribution in [3.05, 3.63) is 22.8 Å². The summed E-state index contributed by atoms with van der Waals surface area (Å²) in [5, 5.41) is 13.0. The second-order valence-corrected chi connectivity index (χ2v) is 6.46. The maximum Gasteiger partial charge on any atom is 0.268 e. The number of aromatic nitrogens is 2. The van der Waals surface area contributed by atoms with Crippen molar-refractivity contribution in [2.24, 2.45) is 5.92 Å². The third kappa shape index (κ3) is 2.61. The van der Waals surface area contributed by atoms with Crippen LogP contribution in [-0.4, -0.2) is 10.1 Å². The van der Waals surface area contributed by atoms with Gasteiger partial charge in [-0.15, -0.1) is 11.3 Å². The molecule has 0 aliphatic heterocycles. The van der Waals surface area contributed by atoms with Crippen molar-refractivity contribution >= 4 is 11.3 Å². The molecule has 0 radical (unpaired) electrons. The average molecular weight is 287 g/mol.